The summed E-state index contributed by atoms with van der Waals surface area (Å²) in [5.41, 5.74) is 1.57. The molecular formula is C17H17ClN6O2S. The van der Waals surface area contributed by atoms with Crippen LogP contribution in [0.2, 0.25) is 5.15 Å². The Balaban J connectivity index is 1.74. The SMILES string of the molecule is CCS(=O)(=O)N1CC(CC#N)(n2cc(-c3ncnc4[nH]ccc34)cc2Cl)C1. The molecule has 3 aromatic heterocycles. The number of aromatic amines is 1. The molecular weight excluding hydrogens is 388 g/mol. The van der Waals surface area contributed by atoms with E-state index in [1.54, 1.807) is 23.8 Å². The Hall–Kier alpha value is -2.41. The minimum Gasteiger partial charge on any atom is -0.346 e. The smallest absolute Gasteiger partial charge is 0.213 e. The number of hydrogen-bond donors (Lipinski definition) is 1. The van der Waals surface area contributed by atoms with Crippen LogP contribution in [0.15, 0.2) is 30.9 Å². The van der Waals surface area contributed by atoms with Crippen molar-refractivity contribution in [3.05, 3.63) is 36.0 Å². The zero-order chi connectivity index (χ0) is 19.2. The third-order valence-corrected chi connectivity index (χ3v) is 7.08. The van der Waals surface area contributed by atoms with Crippen LogP contribution in [-0.2, 0) is 15.6 Å². The second-order valence-corrected chi connectivity index (χ2v) is 9.26. The Bertz CT molecular complexity index is 1150. The molecule has 0 unspecified atom stereocenters. The van der Waals surface area contributed by atoms with Gasteiger partial charge in [-0.25, -0.2) is 18.4 Å². The minimum atomic E-state index is -3.30. The molecule has 3 aromatic rings. The normalized spacial score (nSPS) is 16.9. The lowest BCUT2D eigenvalue weighted by Gasteiger charge is -2.49. The Morgan fingerprint density at radius 1 is 1.41 bits per heavy atom. The van der Waals surface area contributed by atoms with E-state index in [1.807, 2.05) is 12.3 Å². The van der Waals surface area contributed by atoms with Crippen LogP contribution in [0.3, 0.4) is 0 Å². The van der Waals surface area contributed by atoms with Gasteiger partial charge < -0.3 is 9.55 Å². The Morgan fingerprint density at radius 2 is 2.19 bits per heavy atom. The van der Waals surface area contributed by atoms with E-state index in [0.29, 0.717) is 5.15 Å². The van der Waals surface area contributed by atoms with E-state index in [0.717, 1.165) is 22.3 Å². The van der Waals surface area contributed by atoms with E-state index in [1.165, 1.54) is 10.6 Å². The summed E-state index contributed by atoms with van der Waals surface area (Å²) in [5.74, 6) is 0.0344. The first-order valence-corrected chi connectivity index (χ1v) is 10.4. The van der Waals surface area contributed by atoms with Crippen molar-refractivity contribution < 1.29 is 8.42 Å². The van der Waals surface area contributed by atoms with Crippen molar-refractivity contribution in [1.82, 2.24) is 23.8 Å². The minimum absolute atomic E-state index is 0.0344. The Kier molecular flexibility index (Phi) is 4.22. The van der Waals surface area contributed by atoms with Crippen LogP contribution < -0.4 is 0 Å². The average molecular weight is 405 g/mol. The molecule has 0 saturated carbocycles. The van der Waals surface area contributed by atoms with Crippen molar-refractivity contribution >= 4 is 32.7 Å². The summed E-state index contributed by atoms with van der Waals surface area (Å²) in [5, 5.41) is 10.6. The summed E-state index contributed by atoms with van der Waals surface area (Å²) in [7, 11) is -3.30. The number of nitriles is 1. The first kappa shape index (κ1) is 18.0. The largest absolute Gasteiger partial charge is 0.346 e. The fourth-order valence-corrected chi connectivity index (χ4v) is 5.10. The molecule has 0 aromatic carbocycles. The predicted molar refractivity (Wildman–Crippen MR) is 102 cm³/mol. The highest BCUT2D eigenvalue weighted by molar-refractivity contribution is 7.89. The number of hydrogen-bond acceptors (Lipinski definition) is 5. The van der Waals surface area contributed by atoms with Gasteiger partial charge in [0.25, 0.3) is 0 Å². The van der Waals surface area contributed by atoms with E-state index in [2.05, 4.69) is 21.0 Å². The average Bonchev–Trinajstić information content (AvgIpc) is 3.24. The van der Waals surface area contributed by atoms with Gasteiger partial charge in [-0.1, -0.05) is 11.6 Å². The number of nitrogens with zero attached hydrogens (tertiary/aromatic N) is 5. The Labute approximate surface area is 161 Å². The molecule has 1 N–H and O–H groups in total. The van der Waals surface area contributed by atoms with E-state index in [-0.39, 0.29) is 25.3 Å². The van der Waals surface area contributed by atoms with Gasteiger partial charge >= 0.3 is 0 Å². The van der Waals surface area contributed by atoms with Crippen molar-refractivity contribution in [2.45, 2.75) is 18.9 Å². The molecule has 4 heterocycles. The highest BCUT2D eigenvalue weighted by atomic mass is 35.5. The fourth-order valence-electron chi connectivity index (χ4n) is 3.52. The monoisotopic (exact) mass is 404 g/mol. The number of halogens is 1. The van der Waals surface area contributed by atoms with Gasteiger partial charge in [-0.15, -0.1) is 0 Å². The summed E-state index contributed by atoms with van der Waals surface area (Å²) in [6.45, 7) is 2.07. The van der Waals surface area contributed by atoms with Crippen LogP contribution in [-0.4, -0.2) is 51.1 Å². The lowest BCUT2D eigenvalue weighted by Crippen LogP contribution is -2.64. The fraction of sp³-hybridized carbons (Fsp3) is 0.353. The maximum Gasteiger partial charge on any atom is 0.213 e. The number of nitrogens with one attached hydrogen (secondary N) is 1. The molecule has 1 fully saturated rings. The molecule has 140 valence electrons. The highest BCUT2D eigenvalue weighted by Crippen LogP contribution is 2.39. The summed E-state index contributed by atoms with van der Waals surface area (Å²) < 4.78 is 27.4. The quantitative estimate of drug-likeness (QED) is 0.702. The number of fused-ring (bicyclic) bond motifs is 1. The second-order valence-electron chi connectivity index (χ2n) is 6.61. The molecule has 1 aliphatic heterocycles. The van der Waals surface area contributed by atoms with Crippen LogP contribution in [0.4, 0.5) is 0 Å². The standard InChI is InChI=1S/C17H17ClN6O2S/c1-2-27(25,26)23-9-17(10-23,4-5-19)24-8-12(7-14(24)18)15-13-3-6-20-16(13)22-11-21-15/h3,6-8,11H,2,4,9-10H2,1H3,(H,20,21,22). The number of H-pyrrole nitrogens is 1. The van der Waals surface area contributed by atoms with Gasteiger partial charge in [-0.2, -0.15) is 9.57 Å². The zero-order valence-electron chi connectivity index (χ0n) is 14.6. The van der Waals surface area contributed by atoms with Crippen molar-refractivity contribution in [1.29, 1.82) is 5.26 Å². The summed E-state index contributed by atoms with van der Waals surface area (Å²) >= 11 is 6.48. The van der Waals surface area contributed by atoms with E-state index >= 15 is 0 Å². The molecule has 27 heavy (non-hydrogen) atoms. The summed E-state index contributed by atoms with van der Waals surface area (Å²) in [6, 6.07) is 5.84. The third-order valence-electron chi connectivity index (χ3n) is 5.02. The third kappa shape index (κ3) is 2.81. The molecule has 1 aliphatic rings. The molecule has 0 radical (unpaired) electrons. The van der Waals surface area contributed by atoms with Gasteiger partial charge in [-0.05, 0) is 19.1 Å². The molecule has 0 spiro atoms. The zero-order valence-corrected chi connectivity index (χ0v) is 16.1. The number of aromatic nitrogens is 4. The van der Waals surface area contributed by atoms with Crippen LogP contribution in [0.25, 0.3) is 22.3 Å². The van der Waals surface area contributed by atoms with Crippen LogP contribution in [0.5, 0.6) is 0 Å². The maximum atomic E-state index is 12.1. The van der Waals surface area contributed by atoms with Crippen LogP contribution in [0.1, 0.15) is 13.3 Å². The van der Waals surface area contributed by atoms with Gasteiger partial charge in [0.05, 0.1) is 29.5 Å². The second kappa shape index (κ2) is 6.34. The first-order valence-electron chi connectivity index (χ1n) is 8.42. The maximum absolute atomic E-state index is 12.1. The molecule has 0 amide bonds. The lowest BCUT2D eigenvalue weighted by atomic mass is 9.89. The molecule has 1 saturated heterocycles. The van der Waals surface area contributed by atoms with Crippen molar-refractivity contribution in [3.8, 4) is 17.3 Å². The highest BCUT2D eigenvalue weighted by Gasteiger charge is 2.49. The molecule has 0 aliphatic carbocycles. The molecule has 0 atom stereocenters. The van der Waals surface area contributed by atoms with Gasteiger partial charge in [0.1, 0.15) is 17.1 Å². The first-order chi connectivity index (χ1) is 12.9. The summed E-state index contributed by atoms with van der Waals surface area (Å²) in [4.78, 5) is 11.6. The van der Waals surface area contributed by atoms with E-state index in [9.17, 15) is 13.7 Å². The van der Waals surface area contributed by atoms with Gasteiger partial charge in [0.15, 0.2) is 0 Å². The van der Waals surface area contributed by atoms with Crippen LogP contribution >= 0.6 is 11.6 Å². The molecule has 4 rings (SSSR count). The molecule has 10 heteroatoms. The summed E-state index contributed by atoms with van der Waals surface area (Å²) in [6.07, 6.45) is 5.27. The lowest BCUT2D eigenvalue weighted by molar-refractivity contribution is 0.0854. The molecule has 0 bridgehead atoms. The predicted octanol–water partition coefficient (Wildman–Crippen LogP) is 2.35. The van der Waals surface area contributed by atoms with E-state index < -0.39 is 15.6 Å². The van der Waals surface area contributed by atoms with Crippen molar-refractivity contribution in [2.75, 3.05) is 18.8 Å². The Morgan fingerprint density at radius 3 is 2.89 bits per heavy atom. The van der Waals surface area contributed by atoms with Gasteiger partial charge in [0.2, 0.25) is 10.0 Å². The molecule has 8 nitrogen and oxygen atoms in total. The van der Waals surface area contributed by atoms with Crippen molar-refractivity contribution in [2.24, 2.45) is 0 Å². The van der Waals surface area contributed by atoms with E-state index in [4.69, 9.17) is 11.6 Å². The topological polar surface area (TPSA) is 108 Å². The number of sulfonamides is 1. The van der Waals surface area contributed by atoms with Gasteiger partial charge in [-0.3, -0.25) is 0 Å². The van der Waals surface area contributed by atoms with Crippen LogP contribution in [0, 0.1) is 11.3 Å². The van der Waals surface area contributed by atoms with Gasteiger partial charge in [0, 0.05) is 36.4 Å². The number of rotatable bonds is 5. The van der Waals surface area contributed by atoms with Crippen molar-refractivity contribution in [3.63, 3.8) is 0 Å².